The fraction of sp³-hybridized carbons (Fsp3) is 0.419. The van der Waals surface area contributed by atoms with E-state index >= 15 is 0 Å². The van der Waals surface area contributed by atoms with Crippen LogP contribution in [0, 0.1) is 0 Å². The molecule has 2 N–H and O–H groups in total. The summed E-state index contributed by atoms with van der Waals surface area (Å²) in [6, 6.07) is 17.9. The zero-order valence-electron chi connectivity index (χ0n) is 23.2. The molecule has 1 aliphatic heterocycles. The van der Waals surface area contributed by atoms with Gasteiger partial charge in [-0.3, -0.25) is 19.6 Å². The van der Waals surface area contributed by atoms with Crippen LogP contribution in [-0.4, -0.2) is 63.7 Å². The number of nitrogens with one attached hydrogen (secondary N) is 1. The van der Waals surface area contributed by atoms with Crippen molar-refractivity contribution in [2.75, 3.05) is 19.6 Å². The van der Waals surface area contributed by atoms with E-state index in [-0.39, 0.29) is 23.6 Å². The van der Waals surface area contributed by atoms with Crippen LogP contribution in [0.15, 0.2) is 73.1 Å². The summed E-state index contributed by atoms with van der Waals surface area (Å²) in [5.74, 6) is 0.0408. The molecule has 2 aromatic carbocycles. The van der Waals surface area contributed by atoms with E-state index in [2.05, 4.69) is 20.1 Å². The molecule has 1 aliphatic rings. The molecule has 1 saturated heterocycles. The molecule has 2 unspecified atom stereocenters. The minimum absolute atomic E-state index is 0.0408. The van der Waals surface area contributed by atoms with Crippen molar-refractivity contribution in [3.8, 4) is 11.1 Å². The molecule has 0 aliphatic carbocycles. The minimum atomic E-state index is -4.76. The molecule has 2 atom stereocenters. The van der Waals surface area contributed by atoms with Gasteiger partial charge in [-0.05, 0) is 60.7 Å². The number of carbonyl (C=O) groups is 1. The maximum absolute atomic E-state index is 13.2. The average molecular weight is 555 g/mol. The highest BCUT2D eigenvalue weighted by Gasteiger charge is 2.51. The Bertz CT molecular complexity index is 1250. The van der Waals surface area contributed by atoms with Gasteiger partial charge in [0.1, 0.15) is 0 Å². The lowest BCUT2D eigenvalue weighted by Gasteiger charge is -2.41. The van der Waals surface area contributed by atoms with Gasteiger partial charge in [-0.15, -0.1) is 0 Å². The molecule has 40 heavy (non-hydrogen) atoms. The number of pyridine rings is 1. The van der Waals surface area contributed by atoms with E-state index in [9.17, 15) is 23.1 Å². The van der Waals surface area contributed by atoms with Gasteiger partial charge in [-0.2, -0.15) is 13.2 Å². The molecule has 6 nitrogen and oxygen atoms in total. The van der Waals surface area contributed by atoms with Gasteiger partial charge in [-0.1, -0.05) is 48.5 Å². The summed E-state index contributed by atoms with van der Waals surface area (Å²) in [6.07, 6.45) is -0.752. The number of aromatic nitrogens is 1. The fourth-order valence-corrected chi connectivity index (χ4v) is 5.03. The van der Waals surface area contributed by atoms with Gasteiger partial charge in [0, 0.05) is 63.6 Å². The average Bonchev–Trinajstić information content (AvgIpc) is 2.90. The number of nitrogens with zero attached hydrogens (tertiary/aromatic N) is 3. The number of piperazine rings is 1. The molecule has 1 fully saturated rings. The van der Waals surface area contributed by atoms with Gasteiger partial charge < -0.3 is 10.4 Å². The van der Waals surface area contributed by atoms with Crippen molar-refractivity contribution >= 4 is 5.91 Å². The Balaban J connectivity index is 1.44. The molecular formula is C31H37F3N4O2. The van der Waals surface area contributed by atoms with E-state index in [4.69, 9.17) is 0 Å². The Morgan fingerprint density at radius 1 is 0.950 bits per heavy atom. The second kappa shape index (κ2) is 12.5. The second-order valence-corrected chi connectivity index (χ2v) is 11.0. The van der Waals surface area contributed by atoms with Crippen molar-refractivity contribution < 1.29 is 23.1 Å². The zero-order valence-corrected chi connectivity index (χ0v) is 23.2. The number of alkyl halides is 3. The maximum Gasteiger partial charge on any atom is 0.421 e. The predicted molar refractivity (Wildman–Crippen MR) is 149 cm³/mol. The van der Waals surface area contributed by atoms with Crippen molar-refractivity contribution in [1.29, 1.82) is 0 Å². The summed E-state index contributed by atoms with van der Waals surface area (Å²) in [5, 5.41) is 12.9. The van der Waals surface area contributed by atoms with E-state index in [1.54, 1.807) is 24.5 Å². The van der Waals surface area contributed by atoms with E-state index < -0.39 is 11.8 Å². The molecule has 1 amide bonds. The predicted octanol–water partition coefficient (Wildman–Crippen LogP) is 5.12. The molecule has 0 radical (unpaired) electrons. The van der Waals surface area contributed by atoms with Gasteiger partial charge >= 0.3 is 6.18 Å². The first-order valence-corrected chi connectivity index (χ1v) is 13.6. The number of amides is 1. The number of hydrogen-bond donors (Lipinski definition) is 2. The molecule has 9 heteroatoms. The van der Waals surface area contributed by atoms with Gasteiger partial charge in [0.05, 0.1) is 0 Å². The lowest BCUT2D eigenvalue weighted by Crippen LogP contribution is -2.53. The minimum Gasteiger partial charge on any atom is -0.376 e. The second-order valence-electron chi connectivity index (χ2n) is 11.0. The monoisotopic (exact) mass is 554 g/mol. The van der Waals surface area contributed by atoms with Crippen molar-refractivity contribution in [3.63, 3.8) is 0 Å². The number of carbonyl (C=O) groups excluding carboxylic acids is 1. The standard InChI is InChI=1S/C31H37F3N4O2/c1-22(2)36-29(39)18-28-21-37(19-24-12-14-35-15-13-24)16-17-38(28)20-23-4-6-25(7-5-23)26-8-10-27(11-9-26)30(3,40)31(32,33)34/h4-15,22,28,40H,16-21H2,1-3H3,(H,36,39). The maximum atomic E-state index is 13.2. The van der Waals surface area contributed by atoms with E-state index in [0.29, 0.717) is 13.0 Å². The van der Waals surface area contributed by atoms with Gasteiger partial charge in [-0.25, -0.2) is 0 Å². The highest BCUT2D eigenvalue weighted by molar-refractivity contribution is 5.76. The largest absolute Gasteiger partial charge is 0.421 e. The number of rotatable bonds is 9. The van der Waals surface area contributed by atoms with Crippen LogP contribution in [0.4, 0.5) is 13.2 Å². The van der Waals surface area contributed by atoms with E-state index in [1.165, 1.54) is 17.7 Å². The Kier molecular flexibility index (Phi) is 9.28. The van der Waals surface area contributed by atoms with Gasteiger partial charge in [0.15, 0.2) is 5.60 Å². The normalized spacial score (nSPS) is 18.4. The Morgan fingerprint density at radius 3 is 2.10 bits per heavy atom. The Labute approximate surface area is 233 Å². The first-order valence-electron chi connectivity index (χ1n) is 13.6. The molecule has 4 rings (SSSR count). The summed E-state index contributed by atoms with van der Waals surface area (Å²) in [4.78, 5) is 21.5. The molecule has 0 bridgehead atoms. The van der Waals surface area contributed by atoms with Crippen LogP contribution in [0.2, 0.25) is 0 Å². The van der Waals surface area contributed by atoms with Gasteiger partial charge in [0.25, 0.3) is 0 Å². The first-order chi connectivity index (χ1) is 18.9. The summed E-state index contributed by atoms with van der Waals surface area (Å²) < 4.78 is 39.5. The van der Waals surface area contributed by atoms with Crippen molar-refractivity contribution in [2.45, 2.75) is 64.1 Å². The molecular weight excluding hydrogens is 517 g/mol. The number of aliphatic hydroxyl groups is 1. The molecule has 3 aromatic rings. The Morgan fingerprint density at radius 2 is 1.52 bits per heavy atom. The third kappa shape index (κ3) is 7.47. The van der Waals surface area contributed by atoms with Crippen LogP contribution in [0.1, 0.15) is 43.9 Å². The van der Waals surface area contributed by atoms with Crippen LogP contribution < -0.4 is 5.32 Å². The summed E-state index contributed by atoms with van der Waals surface area (Å²) in [7, 11) is 0. The highest BCUT2D eigenvalue weighted by Crippen LogP contribution is 2.39. The Hall–Kier alpha value is -3.27. The van der Waals surface area contributed by atoms with Crippen molar-refractivity contribution in [1.82, 2.24) is 20.1 Å². The SMILES string of the molecule is CC(C)NC(=O)CC1CN(Cc2ccncc2)CCN1Cc1ccc(-c2ccc(C(C)(O)C(F)(F)F)cc2)cc1. The van der Waals surface area contributed by atoms with Crippen molar-refractivity contribution in [2.24, 2.45) is 0 Å². The third-order valence-corrected chi connectivity index (χ3v) is 7.39. The van der Waals surface area contributed by atoms with Crippen LogP contribution in [-0.2, 0) is 23.5 Å². The summed E-state index contributed by atoms with van der Waals surface area (Å²) in [6.45, 7) is 8.67. The summed E-state index contributed by atoms with van der Waals surface area (Å²) >= 11 is 0. The first kappa shape index (κ1) is 29.7. The number of halogens is 3. The highest BCUT2D eigenvalue weighted by atomic mass is 19.4. The van der Waals surface area contributed by atoms with Crippen LogP contribution in [0.25, 0.3) is 11.1 Å². The quantitative estimate of drug-likeness (QED) is 0.384. The van der Waals surface area contributed by atoms with E-state index in [1.807, 2.05) is 50.2 Å². The lowest BCUT2D eigenvalue weighted by molar-refractivity contribution is -0.258. The van der Waals surface area contributed by atoms with Crippen molar-refractivity contribution in [3.05, 3.63) is 89.7 Å². The smallest absolute Gasteiger partial charge is 0.376 e. The molecule has 0 spiro atoms. The number of hydrogen-bond acceptors (Lipinski definition) is 5. The fourth-order valence-electron chi connectivity index (χ4n) is 5.03. The topological polar surface area (TPSA) is 68.7 Å². The summed E-state index contributed by atoms with van der Waals surface area (Å²) in [5.41, 5.74) is 0.825. The molecule has 214 valence electrons. The van der Waals surface area contributed by atoms with Crippen LogP contribution in [0.5, 0.6) is 0 Å². The lowest BCUT2D eigenvalue weighted by atomic mass is 9.93. The molecule has 2 heterocycles. The molecule has 1 aromatic heterocycles. The zero-order chi connectivity index (χ0) is 28.9. The van der Waals surface area contributed by atoms with E-state index in [0.717, 1.165) is 49.8 Å². The number of benzene rings is 2. The van der Waals surface area contributed by atoms with Gasteiger partial charge in [0.2, 0.25) is 5.91 Å². The van der Waals surface area contributed by atoms with Crippen LogP contribution >= 0.6 is 0 Å². The third-order valence-electron chi connectivity index (χ3n) is 7.39. The molecule has 0 saturated carbocycles. The van der Waals surface area contributed by atoms with Crippen LogP contribution in [0.3, 0.4) is 0 Å².